The van der Waals surface area contributed by atoms with E-state index in [1.807, 2.05) is 0 Å². The van der Waals surface area contributed by atoms with Crippen LogP contribution in [-0.4, -0.2) is 5.11 Å². The van der Waals surface area contributed by atoms with Crippen molar-refractivity contribution in [2.24, 2.45) is 0 Å². The maximum absolute atomic E-state index is 13.1. The Morgan fingerprint density at radius 2 is 1.83 bits per heavy atom. The number of halogens is 1. The number of phenolic OH excluding ortho intramolecular Hbond substituents is 1. The molecule has 0 aliphatic heterocycles. The third-order valence-electron chi connectivity index (χ3n) is 1.80. The fourth-order valence-electron chi connectivity index (χ4n) is 1.25. The molecule has 2 rings (SSSR count). The van der Waals surface area contributed by atoms with Crippen molar-refractivity contribution in [2.75, 3.05) is 0 Å². The molecule has 2 aromatic rings. The van der Waals surface area contributed by atoms with Gasteiger partial charge in [-0.3, -0.25) is 0 Å². The molecule has 2 heteroatoms. The molecule has 12 heavy (non-hydrogen) atoms. The predicted octanol–water partition coefficient (Wildman–Crippen LogP) is 2.68. The number of phenols is 1. The Hall–Kier alpha value is -1.57. The molecule has 1 nitrogen and oxygen atoms in total. The molecule has 0 aliphatic rings. The van der Waals surface area contributed by atoms with Gasteiger partial charge in [0.1, 0.15) is 11.6 Å². The van der Waals surface area contributed by atoms with Crippen LogP contribution in [0.5, 0.6) is 5.75 Å². The SMILES string of the molecule is Oc1cc(F)c2ccccc2c1. The highest BCUT2D eigenvalue weighted by Gasteiger charge is 2.00. The lowest BCUT2D eigenvalue weighted by atomic mass is 10.1. The van der Waals surface area contributed by atoms with Crippen LogP contribution in [-0.2, 0) is 0 Å². The molecule has 0 saturated carbocycles. The van der Waals surface area contributed by atoms with Gasteiger partial charge in [-0.1, -0.05) is 24.3 Å². The summed E-state index contributed by atoms with van der Waals surface area (Å²) in [6.07, 6.45) is 0. The first-order valence-corrected chi connectivity index (χ1v) is 3.64. The molecule has 0 heterocycles. The average Bonchev–Trinajstić information content (AvgIpc) is 2.04. The van der Waals surface area contributed by atoms with E-state index >= 15 is 0 Å². The zero-order valence-corrected chi connectivity index (χ0v) is 6.29. The first-order chi connectivity index (χ1) is 5.77. The summed E-state index contributed by atoms with van der Waals surface area (Å²) in [5, 5.41) is 10.3. The van der Waals surface area contributed by atoms with Crippen molar-refractivity contribution in [1.82, 2.24) is 0 Å². The molecule has 0 fully saturated rings. The van der Waals surface area contributed by atoms with Crippen molar-refractivity contribution in [1.29, 1.82) is 0 Å². The fraction of sp³-hybridized carbons (Fsp3) is 0. The van der Waals surface area contributed by atoms with Crippen LogP contribution in [0.25, 0.3) is 10.8 Å². The van der Waals surface area contributed by atoms with E-state index in [1.165, 1.54) is 0 Å². The molecular weight excluding hydrogens is 155 g/mol. The van der Waals surface area contributed by atoms with E-state index in [0.717, 1.165) is 11.5 Å². The minimum Gasteiger partial charge on any atom is -0.508 e. The van der Waals surface area contributed by atoms with Crippen LogP contribution in [0.15, 0.2) is 36.4 Å². The van der Waals surface area contributed by atoms with Crippen molar-refractivity contribution < 1.29 is 9.50 Å². The highest BCUT2D eigenvalue weighted by molar-refractivity contribution is 5.84. The highest BCUT2D eigenvalue weighted by atomic mass is 19.1. The van der Waals surface area contributed by atoms with Gasteiger partial charge < -0.3 is 5.11 Å². The quantitative estimate of drug-likeness (QED) is 0.631. The van der Waals surface area contributed by atoms with Gasteiger partial charge in [0.25, 0.3) is 0 Å². The van der Waals surface area contributed by atoms with Crippen LogP contribution >= 0.6 is 0 Å². The zero-order chi connectivity index (χ0) is 8.55. The molecule has 0 unspecified atom stereocenters. The summed E-state index contributed by atoms with van der Waals surface area (Å²) in [7, 11) is 0. The molecule has 0 amide bonds. The highest BCUT2D eigenvalue weighted by Crippen LogP contribution is 2.22. The van der Waals surface area contributed by atoms with Crippen molar-refractivity contribution in [3.63, 3.8) is 0 Å². The zero-order valence-electron chi connectivity index (χ0n) is 6.29. The maximum Gasteiger partial charge on any atom is 0.134 e. The number of hydrogen-bond donors (Lipinski definition) is 1. The minimum absolute atomic E-state index is 0.0359. The first-order valence-electron chi connectivity index (χ1n) is 3.64. The van der Waals surface area contributed by atoms with Crippen LogP contribution in [0.2, 0.25) is 0 Å². The topological polar surface area (TPSA) is 20.2 Å². The van der Waals surface area contributed by atoms with Crippen LogP contribution < -0.4 is 0 Å². The van der Waals surface area contributed by atoms with Gasteiger partial charge in [0.15, 0.2) is 0 Å². The Bertz CT molecular complexity index is 423. The molecule has 0 aromatic heterocycles. The molecule has 0 saturated heterocycles. The van der Waals surface area contributed by atoms with E-state index in [2.05, 4.69) is 0 Å². The monoisotopic (exact) mass is 162 g/mol. The van der Waals surface area contributed by atoms with E-state index in [0.29, 0.717) is 5.39 Å². The third kappa shape index (κ3) is 1.01. The van der Waals surface area contributed by atoms with E-state index in [-0.39, 0.29) is 11.6 Å². The smallest absolute Gasteiger partial charge is 0.134 e. The Kier molecular flexibility index (Phi) is 1.47. The number of fused-ring (bicyclic) bond motifs is 1. The molecular formula is C10H7FO. The van der Waals surface area contributed by atoms with Gasteiger partial charge in [-0.05, 0) is 11.5 Å². The summed E-state index contributed by atoms with van der Waals surface area (Å²) >= 11 is 0. The lowest BCUT2D eigenvalue weighted by Crippen LogP contribution is -1.78. The van der Waals surface area contributed by atoms with E-state index < -0.39 is 0 Å². The Balaban J connectivity index is 2.89. The van der Waals surface area contributed by atoms with Gasteiger partial charge in [-0.25, -0.2) is 4.39 Å². The maximum atomic E-state index is 13.1. The summed E-state index contributed by atoms with van der Waals surface area (Å²) in [5.74, 6) is -0.420. The molecule has 0 spiro atoms. The molecule has 0 aliphatic carbocycles. The molecule has 0 bridgehead atoms. The average molecular weight is 162 g/mol. The van der Waals surface area contributed by atoms with E-state index in [9.17, 15) is 4.39 Å². The van der Waals surface area contributed by atoms with Crippen LogP contribution in [0.1, 0.15) is 0 Å². The summed E-state index contributed by atoms with van der Waals surface area (Å²) in [4.78, 5) is 0. The molecule has 0 atom stereocenters. The normalized spacial score (nSPS) is 10.4. The predicted molar refractivity (Wildman–Crippen MR) is 45.6 cm³/mol. The summed E-state index contributed by atoms with van der Waals surface area (Å²) in [6.45, 7) is 0. The van der Waals surface area contributed by atoms with Gasteiger partial charge in [-0.2, -0.15) is 0 Å². The second kappa shape index (κ2) is 2.48. The Morgan fingerprint density at radius 3 is 2.67 bits per heavy atom. The number of rotatable bonds is 0. The number of hydrogen-bond acceptors (Lipinski definition) is 1. The molecule has 1 N–H and O–H groups in total. The molecule has 2 aromatic carbocycles. The van der Waals surface area contributed by atoms with Crippen molar-refractivity contribution in [3.05, 3.63) is 42.2 Å². The van der Waals surface area contributed by atoms with Crippen LogP contribution in [0, 0.1) is 5.82 Å². The molecule has 60 valence electrons. The van der Waals surface area contributed by atoms with Gasteiger partial charge in [0.2, 0.25) is 0 Å². The van der Waals surface area contributed by atoms with Gasteiger partial charge in [0.05, 0.1) is 0 Å². The van der Waals surface area contributed by atoms with Crippen LogP contribution in [0.3, 0.4) is 0 Å². The van der Waals surface area contributed by atoms with E-state index in [4.69, 9.17) is 5.11 Å². The van der Waals surface area contributed by atoms with E-state index in [1.54, 1.807) is 30.3 Å². The Labute approximate surface area is 69.1 Å². The Morgan fingerprint density at radius 1 is 1.08 bits per heavy atom. The van der Waals surface area contributed by atoms with Gasteiger partial charge >= 0.3 is 0 Å². The standard InChI is InChI=1S/C10H7FO/c11-10-6-8(12)5-7-3-1-2-4-9(7)10/h1-6,12H. The summed E-state index contributed by atoms with van der Waals surface area (Å²) < 4.78 is 13.1. The lowest BCUT2D eigenvalue weighted by molar-refractivity contribution is 0.471. The second-order valence-corrected chi connectivity index (χ2v) is 2.65. The minimum atomic E-state index is -0.384. The summed E-state index contributed by atoms with van der Waals surface area (Å²) in [6, 6.07) is 9.67. The summed E-state index contributed by atoms with van der Waals surface area (Å²) in [5.41, 5.74) is 0. The van der Waals surface area contributed by atoms with Crippen LogP contribution in [0.4, 0.5) is 4.39 Å². The van der Waals surface area contributed by atoms with Crippen molar-refractivity contribution in [2.45, 2.75) is 0 Å². The fourth-order valence-corrected chi connectivity index (χ4v) is 1.25. The second-order valence-electron chi connectivity index (χ2n) is 2.65. The number of benzene rings is 2. The molecule has 0 radical (unpaired) electrons. The van der Waals surface area contributed by atoms with Gasteiger partial charge in [-0.15, -0.1) is 0 Å². The van der Waals surface area contributed by atoms with Gasteiger partial charge in [0, 0.05) is 11.5 Å². The van der Waals surface area contributed by atoms with Crippen molar-refractivity contribution in [3.8, 4) is 5.75 Å². The first kappa shape index (κ1) is 7.10. The number of aromatic hydroxyl groups is 1. The lowest BCUT2D eigenvalue weighted by Gasteiger charge is -1.99. The third-order valence-corrected chi connectivity index (χ3v) is 1.80. The largest absolute Gasteiger partial charge is 0.508 e. The van der Waals surface area contributed by atoms with Crippen molar-refractivity contribution >= 4 is 10.8 Å².